The fourth-order valence-corrected chi connectivity index (χ4v) is 4.55. The largest absolute Gasteiger partial charge is 0.505 e. The lowest BCUT2D eigenvalue weighted by atomic mass is 10.1. The molecule has 0 aliphatic carbocycles. The molecule has 3 rings (SSSR count). The number of benzene rings is 2. The van der Waals surface area contributed by atoms with E-state index in [1.165, 1.54) is 0 Å². The van der Waals surface area contributed by atoms with Gasteiger partial charge in [-0.1, -0.05) is 48.5 Å². The molecule has 0 bridgehead atoms. The molecule has 0 fully saturated rings. The van der Waals surface area contributed by atoms with Gasteiger partial charge in [-0.3, -0.25) is 4.98 Å². The third kappa shape index (κ3) is 3.88. The first-order valence-electron chi connectivity index (χ1n) is 7.86. The van der Waals surface area contributed by atoms with Crippen LogP contribution in [0.4, 0.5) is 0 Å². The van der Waals surface area contributed by atoms with E-state index in [-0.39, 0.29) is 0 Å². The predicted octanol–water partition coefficient (Wildman–Crippen LogP) is 3.77. The molecule has 0 radical (unpaired) electrons. The first kappa shape index (κ1) is 16.8. The molecule has 0 saturated heterocycles. The third-order valence-corrected chi connectivity index (χ3v) is 6.68. The molecule has 1 heterocycles. The Labute approximate surface area is 143 Å². The van der Waals surface area contributed by atoms with Crippen LogP contribution in [-0.4, -0.2) is 28.0 Å². The quantitative estimate of drug-likeness (QED) is 0.615. The van der Waals surface area contributed by atoms with Gasteiger partial charge in [-0.15, -0.1) is 0 Å². The molecule has 0 aliphatic heterocycles. The summed E-state index contributed by atoms with van der Waals surface area (Å²) in [5, 5.41) is 1.12. The number of fused-ring (bicyclic) bond motifs is 1. The first-order chi connectivity index (χ1) is 11.7. The summed E-state index contributed by atoms with van der Waals surface area (Å²) < 4.78 is 17.5. The molecule has 0 saturated carbocycles. The number of hydrogen-bond acceptors (Lipinski definition) is 4. The van der Waals surface area contributed by atoms with Gasteiger partial charge in [0, 0.05) is 31.8 Å². The zero-order valence-corrected chi connectivity index (χ0v) is 14.9. The van der Waals surface area contributed by atoms with Crippen molar-refractivity contribution in [1.82, 2.24) is 4.98 Å². The van der Waals surface area contributed by atoms with Crippen molar-refractivity contribution in [2.45, 2.75) is 12.7 Å². The molecule has 0 amide bonds. The second-order valence-electron chi connectivity index (χ2n) is 5.57. The van der Waals surface area contributed by atoms with E-state index in [1.54, 1.807) is 20.4 Å². The van der Waals surface area contributed by atoms with E-state index in [2.05, 4.69) is 29.2 Å². The minimum Gasteiger partial charge on any atom is -0.377 e. The molecular weight excluding hydrogens is 318 g/mol. The van der Waals surface area contributed by atoms with E-state index in [9.17, 15) is 0 Å². The molecule has 3 aromatic rings. The van der Waals surface area contributed by atoms with Crippen molar-refractivity contribution < 1.29 is 13.3 Å². The van der Waals surface area contributed by atoms with Crippen LogP contribution < -0.4 is 0 Å². The van der Waals surface area contributed by atoms with E-state index in [0.29, 0.717) is 12.7 Å². The average molecular weight is 339 g/mol. The van der Waals surface area contributed by atoms with Crippen LogP contribution in [0.3, 0.4) is 0 Å². The lowest BCUT2D eigenvalue weighted by molar-refractivity contribution is 0.0904. The summed E-state index contributed by atoms with van der Waals surface area (Å²) >= 11 is 0. The van der Waals surface area contributed by atoms with Crippen molar-refractivity contribution in [3.8, 4) is 0 Å². The Morgan fingerprint density at radius 1 is 0.875 bits per heavy atom. The summed E-state index contributed by atoms with van der Waals surface area (Å²) in [4.78, 5) is 4.39. The minimum atomic E-state index is -2.75. The van der Waals surface area contributed by atoms with Gasteiger partial charge in [-0.05, 0) is 23.3 Å². The van der Waals surface area contributed by atoms with Crippen molar-refractivity contribution in [3.05, 3.63) is 78.0 Å². The maximum absolute atomic E-state index is 6.13. The van der Waals surface area contributed by atoms with Crippen LogP contribution in [0.2, 0.25) is 0 Å². The van der Waals surface area contributed by atoms with Gasteiger partial charge >= 0.3 is 8.80 Å². The Balaban J connectivity index is 1.75. The lowest BCUT2D eigenvalue weighted by Gasteiger charge is -2.26. The predicted molar refractivity (Wildman–Crippen MR) is 96.5 cm³/mol. The highest BCUT2D eigenvalue weighted by Crippen LogP contribution is 2.19. The molecule has 0 spiro atoms. The Bertz CT molecular complexity index is 791. The second-order valence-corrected chi connectivity index (χ2v) is 8.40. The molecule has 124 valence electrons. The maximum Gasteiger partial charge on any atom is 0.505 e. The number of nitrogens with zero attached hydrogens (tertiary/aromatic N) is 1. The molecule has 24 heavy (non-hydrogen) atoms. The van der Waals surface area contributed by atoms with Gasteiger partial charge in [0.1, 0.15) is 0 Å². The Kier molecular flexibility index (Phi) is 5.37. The van der Waals surface area contributed by atoms with Gasteiger partial charge in [0.25, 0.3) is 0 Å². The van der Waals surface area contributed by atoms with Gasteiger partial charge in [0.15, 0.2) is 0 Å². The van der Waals surface area contributed by atoms with E-state index in [4.69, 9.17) is 13.3 Å². The summed E-state index contributed by atoms with van der Waals surface area (Å²) in [5.41, 5.74) is 3.16. The number of aromatic nitrogens is 1. The Hall–Kier alpha value is -2.05. The number of pyridine rings is 1. The molecule has 1 aromatic heterocycles. The molecule has 0 unspecified atom stereocenters. The van der Waals surface area contributed by atoms with E-state index in [1.807, 2.05) is 36.4 Å². The first-order valence-corrected chi connectivity index (χ1v) is 9.80. The normalized spacial score (nSPS) is 11.8. The molecule has 5 heteroatoms. The summed E-state index contributed by atoms with van der Waals surface area (Å²) in [7, 11) is 0.552. The SMILES string of the molecule is CO[Si](Cc1ccccc1)(OC)OCc1ccc2cccnc2c1. The second kappa shape index (κ2) is 7.68. The van der Waals surface area contributed by atoms with Gasteiger partial charge in [0.2, 0.25) is 0 Å². The summed E-state index contributed by atoms with van der Waals surface area (Å²) in [5.74, 6) is 0. The summed E-state index contributed by atoms with van der Waals surface area (Å²) in [6, 6.07) is 20.9. The van der Waals surface area contributed by atoms with Crippen LogP contribution in [0.5, 0.6) is 0 Å². The van der Waals surface area contributed by atoms with Crippen molar-refractivity contribution in [2.24, 2.45) is 0 Å². The summed E-state index contributed by atoms with van der Waals surface area (Å²) in [6.07, 6.45) is 1.80. The van der Waals surface area contributed by atoms with Gasteiger partial charge < -0.3 is 13.3 Å². The molecule has 4 nitrogen and oxygen atoms in total. The lowest BCUT2D eigenvalue weighted by Crippen LogP contribution is -2.46. The topological polar surface area (TPSA) is 40.6 Å². The van der Waals surface area contributed by atoms with Crippen LogP contribution in [-0.2, 0) is 25.9 Å². The van der Waals surface area contributed by atoms with Crippen LogP contribution in [0.1, 0.15) is 11.1 Å². The van der Waals surface area contributed by atoms with Crippen molar-refractivity contribution in [1.29, 1.82) is 0 Å². The van der Waals surface area contributed by atoms with Crippen LogP contribution in [0, 0.1) is 0 Å². The maximum atomic E-state index is 6.13. The van der Waals surface area contributed by atoms with Gasteiger partial charge in [0.05, 0.1) is 12.1 Å². The highest BCUT2D eigenvalue weighted by Gasteiger charge is 2.39. The highest BCUT2D eigenvalue weighted by molar-refractivity contribution is 6.60. The highest BCUT2D eigenvalue weighted by atomic mass is 28.4. The van der Waals surface area contributed by atoms with E-state index < -0.39 is 8.80 Å². The smallest absolute Gasteiger partial charge is 0.377 e. The fourth-order valence-electron chi connectivity index (χ4n) is 2.64. The number of rotatable bonds is 7. The van der Waals surface area contributed by atoms with Crippen LogP contribution in [0.25, 0.3) is 10.9 Å². The molecular formula is C19H21NO3Si. The average Bonchev–Trinajstić information content (AvgIpc) is 2.66. The van der Waals surface area contributed by atoms with Crippen LogP contribution >= 0.6 is 0 Å². The zero-order chi connectivity index (χ0) is 16.8. The molecule has 0 aliphatic rings. The van der Waals surface area contributed by atoms with Gasteiger partial charge in [-0.2, -0.15) is 0 Å². The Morgan fingerprint density at radius 2 is 1.67 bits per heavy atom. The fraction of sp³-hybridized carbons (Fsp3) is 0.211. The third-order valence-electron chi connectivity index (χ3n) is 4.01. The Morgan fingerprint density at radius 3 is 2.42 bits per heavy atom. The van der Waals surface area contributed by atoms with Crippen LogP contribution in [0.15, 0.2) is 66.9 Å². The van der Waals surface area contributed by atoms with Gasteiger partial charge in [-0.25, -0.2) is 0 Å². The zero-order valence-electron chi connectivity index (χ0n) is 13.9. The molecule has 0 N–H and O–H groups in total. The van der Waals surface area contributed by atoms with Crippen molar-refractivity contribution in [3.63, 3.8) is 0 Å². The minimum absolute atomic E-state index is 0.438. The molecule has 2 aromatic carbocycles. The van der Waals surface area contributed by atoms with E-state index in [0.717, 1.165) is 22.0 Å². The molecule has 0 atom stereocenters. The van der Waals surface area contributed by atoms with Crippen molar-refractivity contribution >= 4 is 19.7 Å². The standard InChI is InChI=1S/C19H21NO3Si/c1-21-24(22-2,15-16-7-4-3-5-8-16)23-14-17-10-11-18-9-6-12-20-19(18)13-17/h3-13H,14-15H2,1-2H3. The van der Waals surface area contributed by atoms with E-state index >= 15 is 0 Å². The summed E-state index contributed by atoms with van der Waals surface area (Å²) in [6.45, 7) is 0.438. The number of hydrogen-bond donors (Lipinski definition) is 0. The monoisotopic (exact) mass is 339 g/mol. The van der Waals surface area contributed by atoms with Crippen molar-refractivity contribution in [2.75, 3.05) is 14.2 Å².